The zero-order valence-corrected chi connectivity index (χ0v) is 17.2. The van der Waals surface area contributed by atoms with Gasteiger partial charge in [0.2, 0.25) is 0 Å². The Kier molecular flexibility index (Phi) is 4.95. The normalized spacial score (nSPS) is 28.8. The van der Waals surface area contributed by atoms with E-state index < -0.39 is 5.41 Å². The summed E-state index contributed by atoms with van der Waals surface area (Å²) in [7, 11) is 1.52. The van der Waals surface area contributed by atoms with Crippen molar-refractivity contribution in [1.82, 2.24) is 0 Å². The molecule has 0 spiro atoms. The van der Waals surface area contributed by atoms with Crippen molar-refractivity contribution < 1.29 is 14.3 Å². The van der Waals surface area contributed by atoms with Crippen molar-refractivity contribution in [3.63, 3.8) is 0 Å². The molecule has 0 saturated heterocycles. The molecule has 0 aromatic heterocycles. The van der Waals surface area contributed by atoms with Crippen LogP contribution in [0.1, 0.15) is 56.2 Å². The second-order valence-corrected chi connectivity index (χ2v) is 8.86. The standard InChI is InChI=1S/C25H30O3/c1-24-14-7-15-25(2,23(26)27-3)22(24)13-11-19-10-12-20(16-21(19)24)28-17-18-8-5-4-6-9-18/h4-6,8-10,12,16,22H,7,11,13-15,17H2,1-3H3/t22?,24?,25-/m0/s1. The van der Waals surface area contributed by atoms with Crippen LogP contribution in [0.25, 0.3) is 0 Å². The van der Waals surface area contributed by atoms with Gasteiger partial charge in [0.05, 0.1) is 12.5 Å². The number of esters is 1. The number of benzene rings is 2. The molecule has 148 valence electrons. The summed E-state index contributed by atoms with van der Waals surface area (Å²) in [6.45, 7) is 5.03. The summed E-state index contributed by atoms with van der Waals surface area (Å²) < 4.78 is 11.3. The van der Waals surface area contributed by atoms with E-state index in [-0.39, 0.29) is 11.4 Å². The lowest BCUT2D eigenvalue weighted by Gasteiger charge is -2.54. The van der Waals surface area contributed by atoms with E-state index in [9.17, 15) is 4.79 Å². The van der Waals surface area contributed by atoms with Crippen LogP contribution in [0.5, 0.6) is 5.75 Å². The van der Waals surface area contributed by atoms with Crippen LogP contribution in [0.3, 0.4) is 0 Å². The molecule has 3 heteroatoms. The number of hydrogen-bond acceptors (Lipinski definition) is 3. The van der Waals surface area contributed by atoms with Crippen LogP contribution in [0, 0.1) is 11.3 Å². The molecule has 1 fully saturated rings. The second-order valence-electron chi connectivity index (χ2n) is 8.86. The molecule has 0 radical (unpaired) electrons. The first-order valence-corrected chi connectivity index (χ1v) is 10.4. The van der Waals surface area contributed by atoms with Gasteiger partial charge < -0.3 is 9.47 Å². The summed E-state index contributed by atoms with van der Waals surface area (Å²) in [4.78, 5) is 12.7. The molecule has 2 unspecified atom stereocenters. The highest BCUT2D eigenvalue weighted by Gasteiger charge is 2.55. The number of carbonyl (C=O) groups is 1. The molecule has 2 aromatic carbocycles. The lowest BCUT2D eigenvalue weighted by atomic mass is 9.50. The van der Waals surface area contributed by atoms with Gasteiger partial charge in [-0.05, 0) is 72.8 Å². The van der Waals surface area contributed by atoms with Crippen molar-refractivity contribution in [3.8, 4) is 5.75 Å². The molecule has 3 atom stereocenters. The Bertz CT molecular complexity index is 859. The summed E-state index contributed by atoms with van der Waals surface area (Å²) in [5.41, 5.74) is 3.52. The number of carbonyl (C=O) groups excluding carboxylic acids is 1. The zero-order valence-electron chi connectivity index (χ0n) is 17.2. The summed E-state index contributed by atoms with van der Waals surface area (Å²) in [6.07, 6.45) is 5.13. The first-order valence-electron chi connectivity index (χ1n) is 10.4. The number of methoxy groups -OCH3 is 1. The average molecular weight is 379 g/mol. The molecule has 3 nitrogen and oxygen atoms in total. The van der Waals surface area contributed by atoms with Gasteiger partial charge in [-0.1, -0.05) is 49.7 Å². The maximum absolute atomic E-state index is 12.7. The molecular weight excluding hydrogens is 348 g/mol. The Hall–Kier alpha value is -2.29. The van der Waals surface area contributed by atoms with Crippen LogP contribution in [0.15, 0.2) is 48.5 Å². The summed E-state index contributed by atoms with van der Waals surface area (Å²) >= 11 is 0. The first kappa shape index (κ1) is 19.0. The van der Waals surface area contributed by atoms with E-state index in [0.717, 1.165) is 37.9 Å². The Balaban J connectivity index is 1.64. The minimum Gasteiger partial charge on any atom is -0.489 e. The number of ether oxygens (including phenoxy) is 2. The number of aryl methyl sites for hydroxylation is 1. The number of rotatable bonds is 4. The molecule has 0 amide bonds. The molecule has 2 aromatic rings. The zero-order chi connectivity index (χ0) is 19.8. The van der Waals surface area contributed by atoms with Gasteiger partial charge in [0, 0.05) is 0 Å². The van der Waals surface area contributed by atoms with Gasteiger partial charge in [-0.3, -0.25) is 4.79 Å². The van der Waals surface area contributed by atoms with Crippen LogP contribution in [-0.2, 0) is 28.0 Å². The second kappa shape index (κ2) is 7.27. The van der Waals surface area contributed by atoms with E-state index in [2.05, 4.69) is 44.2 Å². The molecule has 4 rings (SSSR count). The van der Waals surface area contributed by atoms with Crippen LogP contribution in [0.4, 0.5) is 0 Å². The first-order chi connectivity index (χ1) is 13.5. The van der Waals surface area contributed by atoms with Gasteiger partial charge in [-0.25, -0.2) is 0 Å². The SMILES string of the molecule is COC(=O)[C@@]1(C)CCCC2(C)c3cc(OCc4ccccc4)ccc3CCC21. The Morgan fingerprint density at radius 3 is 2.64 bits per heavy atom. The molecule has 2 aliphatic rings. The van der Waals surface area contributed by atoms with Crippen molar-refractivity contribution >= 4 is 5.97 Å². The van der Waals surface area contributed by atoms with Gasteiger partial charge in [0.1, 0.15) is 12.4 Å². The maximum atomic E-state index is 12.7. The number of fused-ring (bicyclic) bond motifs is 3. The summed E-state index contributed by atoms with van der Waals surface area (Å²) in [6, 6.07) is 16.8. The average Bonchev–Trinajstić information content (AvgIpc) is 2.72. The summed E-state index contributed by atoms with van der Waals surface area (Å²) in [5, 5.41) is 0. The minimum atomic E-state index is -0.402. The Morgan fingerprint density at radius 1 is 1.11 bits per heavy atom. The van der Waals surface area contributed by atoms with Crippen LogP contribution < -0.4 is 4.74 Å². The van der Waals surface area contributed by atoms with E-state index in [4.69, 9.17) is 9.47 Å². The third-order valence-electron chi connectivity index (χ3n) is 7.23. The largest absolute Gasteiger partial charge is 0.489 e. The molecular formula is C25H30O3. The van der Waals surface area contributed by atoms with Gasteiger partial charge in [-0.2, -0.15) is 0 Å². The minimum absolute atomic E-state index is 0.0130. The fourth-order valence-electron chi connectivity index (χ4n) is 5.75. The molecule has 28 heavy (non-hydrogen) atoms. The molecule has 1 saturated carbocycles. The van der Waals surface area contributed by atoms with Crippen molar-refractivity contribution in [2.75, 3.05) is 7.11 Å². The van der Waals surface area contributed by atoms with Crippen molar-refractivity contribution in [3.05, 3.63) is 65.2 Å². The van der Waals surface area contributed by atoms with E-state index in [0.29, 0.717) is 12.5 Å². The number of hydrogen-bond donors (Lipinski definition) is 0. The van der Waals surface area contributed by atoms with E-state index in [1.54, 1.807) is 0 Å². The fourth-order valence-corrected chi connectivity index (χ4v) is 5.75. The van der Waals surface area contributed by atoms with Crippen molar-refractivity contribution in [2.24, 2.45) is 11.3 Å². The predicted octanol–water partition coefficient (Wildman–Crippen LogP) is 5.45. The lowest BCUT2D eigenvalue weighted by molar-refractivity contribution is -0.161. The van der Waals surface area contributed by atoms with Crippen molar-refractivity contribution in [2.45, 2.75) is 58.0 Å². The van der Waals surface area contributed by atoms with E-state index in [1.165, 1.54) is 23.8 Å². The maximum Gasteiger partial charge on any atom is 0.311 e. The Morgan fingerprint density at radius 2 is 1.89 bits per heavy atom. The highest BCUT2D eigenvalue weighted by molar-refractivity contribution is 5.77. The molecule has 2 aliphatic carbocycles. The highest BCUT2D eigenvalue weighted by atomic mass is 16.5. The van der Waals surface area contributed by atoms with Gasteiger partial charge in [-0.15, -0.1) is 0 Å². The molecule has 0 bridgehead atoms. The topological polar surface area (TPSA) is 35.5 Å². The monoisotopic (exact) mass is 378 g/mol. The molecule has 0 aliphatic heterocycles. The van der Waals surface area contributed by atoms with Gasteiger partial charge in [0.15, 0.2) is 0 Å². The highest BCUT2D eigenvalue weighted by Crippen LogP contribution is 2.57. The molecule has 0 heterocycles. The third kappa shape index (κ3) is 3.11. The van der Waals surface area contributed by atoms with E-state index >= 15 is 0 Å². The van der Waals surface area contributed by atoms with Crippen LogP contribution in [0.2, 0.25) is 0 Å². The molecule has 0 N–H and O–H groups in total. The van der Waals surface area contributed by atoms with Crippen molar-refractivity contribution in [1.29, 1.82) is 0 Å². The van der Waals surface area contributed by atoms with Gasteiger partial charge >= 0.3 is 5.97 Å². The third-order valence-corrected chi connectivity index (χ3v) is 7.23. The predicted molar refractivity (Wildman–Crippen MR) is 110 cm³/mol. The van der Waals surface area contributed by atoms with Crippen LogP contribution >= 0.6 is 0 Å². The summed E-state index contributed by atoms with van der Waals surface area (Å²) in [5.74, 6) is 1.16. The van der Waals surface area contributed by atoms with Gasteiger partial charge in [0.25, 0.3) is 0 Å². The lowest BCUT2D eigenvalue weighted by Crippen LogP contribution is -2.52. The quantitative estimate of drug-likeness (QED) is 0.664. The Labute approximate surface area is 168 Å². The smallest absolute Gasteiger partial charge is 0.311 e. The fraction of sp³-hybridized carbons (Fsp3) is 0.480. The van der Waals surface area contributed by atoms with Crippen LogP contribution in [-0.4, -0.2) is 13.1 Å². The van der Waals surface area contributed by atoms with E-state index in [1.807, 2.05) is 18.2 Å².